The van der Waals surface area contributed by atoms with Gasteiger partial charge in [0, 0.05) is 40.4 Å². The minimum atomic E-state index is -0.00653. The topological polar surface area (TPSA) is 55.3 Å². The van der Waals surface area contributed by atoms with Crippen LogP contribution in [-0.4, -0.2) is 70.1 Å². The molecule has 0 spiro atoms. The summed E-state index contributed by atoms with van der Waals surface area (Å²) in [6.45, 7) is 3.88. The van der Waals surface area contributed by atoms with Crippen LogP contribution in [0.3, 0.4) is 0 Å². The molecular weight excluding hydrogens is 318 g/mol. The van der Waals surface area contributed by atoms with E-state index in [1.807, 2.05) is 25.2 Å². The van der Waals surface area contributed by atoms with E-state index in [9.17, 15) is 0 Å². The predicted octanol–water partition coefficient (Wildman–Crippen LogP) is 1.83. The molecule has 0 aliphatic carbocycles. The first kappa shape index (κ1) is 18.2. The summed E-state index contributed by atoms with van der Waals surface area (Å²) in [5, 5.41) is 3.45. The van der Waals surface area contributed by atoms with E-state index in [0.29, 0.717) is 13.2 Å². The number of rotatable bonds is 5. The van der Waals surface area contributed by atoms with Crippen molar-refractivity contribution in [1.82, 2.24) is 10.2 Å². The van der Waals surface area contributed by atoms with Crippen LogP contribution >= 0.6 is 0 Å². The van der Waals surface area contributed by atoms with E-state index in [1.165, 1.54) is 0 Å². The molecule has 3 rings (SSSR count). The maximum absolute atomic E-state index is 5.93. The van der Waals surface area contributed by atoms with E-state index in [1.54, 1.807) is 7.11 Å². The third kappa shape index (κ3) is 4.71. The van der Waals surface area contributed by atoms with Gasteiger partial charge in [0.2, 0.25) is 0 Å². The van der Waals surface area contributed by atoms with Crippen molar-refractivity contribution in [3.05, 3.63) is 35.9 Å². The van der Waals surface area contributed by atoms with Gasteiger partial charge < -0.3 is 24.4 Å². The van der Waals surface area contributed by atoms with E-state index in [-0.39, 0.29) is 18.3 Å². The number of methoxy groups -OCH3 is 1. The fraction of sp³-hybridized carbons (Fsp3) is 0.632. The van der Waals surface area contributed by atoms with Crippen LogP contribution in [0.25, 0.3) is 0 Å². The number of benzene rings is 1. The summed E-state index contributed by atoms with van der Waals surface area (Å²) < 4.78 is 17.4. The van der Waals surface area contributed by atoms with Crippen LogP contribution in [-0.2, 0) is 14.2 Å². The highest BCUT2D eigenvalue weighted by Crippen LogP contribution is 2.21. The molecule has 3 unspecified atom stereocenters. The van der Waals surface area contributed by atoms with Crippen LogP contribution in [0.1, 0.15) is 24.5 Å². The fourth-order valence-electron chi connectivity index (χ4n) is 3.51. The van der Waals surface area contributed by atoms with Crippen molar-refractivity contribution in [2.45, 2.75) is 31.2 Å². The molecule has 138 valence electrons. The van der Waals surface area contributed by atoms with Crippen molar-refractivity contribution in [3.63, 3.8) is 0 Å². The van der Waals surface area contributed by atoms with Gasteiger partial charge in [-0.25, -0.2) is 0 Å². The van der Waals surface area contributed by atoms with Crippen molar-refractivity contribution in [2.24, 2.45) is 4.99 Å². The number of hydrogen-bond acceptors (Lipinski definition) is 4. The summed E-state index contributed by atoms with van der Waals surface area (Å²) in [5.74, 6) is 0.893. The molecule has 2 heterocycles. The standard InChI is InChI=1S/C19H29N3O3/c1-20-19(21-13-17(23-2)15-7-4-3-5-8-15)22-10-12-25-18(14-22)16-9-6-11-24-16/h3-5,7-8,16-18H,6,9-14H2,1-2H3,(H,20,21). The second kappa shape index (κ2) is 9.17. The van der Waals surface area contributed by atoms with E-state index >= 15 is 0 Å². The molecule has 0 aromatic heterocycles. The lowest BCUT2D eigenvalue weighted by Crippen LogP contribution is -2.53. The quantitative estimate of drug-likeness (QED) is 0.651. The third-order valence-electron chi connectivity index (χ3n) is 4.89. The van der Waals surface area contributed by atoms with Crippen LogP contribution in [0.4, 0.5) is 0 Å². The Labute approximate surface area is 150 Å². The fourth-order valence-corrected chi connectivity index (χ4v) is 3.51. The Kier molecular flexibility index (Phi) is 6.67. The van der Waals surface area contributed by atoms with Crippen LogP contribution in [0.5, 0.6) is 0 Å². The molecule has 2 fully saturated rings. The second-order valence-electron chi connectivity index (χ2n) is 6.47. The first-order chi connectivity index (χ1) is 12.3. The van der Waals surface area contributed by atoms with Crippen molar-refractivity contribution >= 4 is 5.96 Å². The van der Waals surface area contributed by atoms with Gasteiger partial charge in [-0.1, -0.05) is 30.3 Å². The van der Waals surface area contributed by atoms with E-state index in [0.717, 1.165) is 44.1 Å². The molecule has 2 aliphatic heterocycles. The summed E-state index contributed by atoms with van der Waals surface area (Å²) in [6, 6.07) is 10.2. The predicted molar refractivity (Wildman–Crippen MR) is 97.8 cm³/mol. The van der Waals surface area contributed by atoms with Crippen molar-refractivity contribution < 1.29 is 14.2 Å². The highest BCUT2D eigenvalue weighted by atomic mass is 16.5. The number of ether oxygens (including phenoxy) is 3. The molecule has 6 heteroatoms. The number of guanidine groups is 1. The van der Waals surface area contributed by atoms with Crippen molar-refractivity contribution in [3.8, 4) is 0 Å². The first-order valence-electron chi connectivity index (χ1n) is 9.08. The van der Waals surface area contributed by atoms with Crippen LogP contribution in [0.15, 0.2) is 35.3 Å². The Hall–Kier alpha value is -1.63. The number of nitrogens with zero attached hydrogens (tertiary/aromatic N) is 2. The normalized spacial score (nSPS) is 25.8. The molecule has 2 aliphatic rings. The zero-order valence-electron chi connectivity index (χ0n) is 15.2. The summed E-state index contributed by atoms with van der Waals surface area (Å²) in [5.41, 5.74) is 1.16. The zero-order chi connectivity index (χ0) is 17.5. The molecule has 0 saturated carbocycles. The number of nitrogens with one attached hydrogen (secondary N) is 1. The Morgan fingerprint density at radius 3 is 2.76 bits per heavy atom. The molecule has 3 atom stereocenters. The zero-order valence-corrected chi connectivity index (χ0v) is 15.2. The summed E-state index contributed by atoms with van der Waals surface area (Å²) in [4.78, 5) is 6.71. The van der Waals surface area contributed by atoms with E-state index < -0.39 is 0 Å². The summed E-state index contributed by atoms with van der Waals surface area (Å²) >= 11 is 0. The summed E-state index contributed by atoms with van der Waals surface area (Å²) in [7, 11) is 3.56. The monoisotopic (exact) mass is 347 g/mol. The molecule has 25 heavy (non-hydrogen) atoms. The Morgan fingerprint density at radius 1 is 1.28 bits per heavy atom. The SMILES string of the molecule is CN=C(NCC(OC)c1ccccc1)N1CCOC(C2CCCO2)C1. The van der Waals surface area contributed by atoms with Gasteiger partial charge in [-0.15, -0.1) is 0 Å². The van der Waals surface area contributed by atoms with Crippen molar-refractivity contribution in [1.29, 1.82) is 0 Å². The van der Waals surface area contributed by atoms with Gasteiger partial charge in [0.25, 0.3) is 0 Å². The lowest BCUT2D eigenvalue weighted by atomic mass is 10.1. The van der Waals surface area contributed by atoms with Gasteiger partial charge in [0.1, 0.15) is 6.10 Å². The maximum atomic E-state index is 5.93. The minimum absolute atomic E-state index is 0.00653. The van der Waals surface area contributed by atoms with Gasteiger partial charge in [-0.3, -0.25) is 4.99 Å². The number of aliphatic imine (C=N–C) groups is 1. The van der Waals surface area contributed by atoms with E-state index in [4.69, 9.17) is 14.2 Å². The average molecular weight is 347 g/mol. The molecule has 1 aromatic rings. The highest BCUT2D eigenvalue weighted by molar-refractivity contribution is 5.80. The minimum Gasteiger partial charge on any atom is -0.375 e. The molecule has 1 aromatic carbocycles. The van der Waals surface area contributed by atoms with Gasteiger partial charge >= 0.3 is 0 Å². The Bertz CT molecular complexity index is 546. The van der Waals surface area contributed by atoms with Gasteiger partial charge in [0.05, 0.1) is 18.8 Å². The van der Waals surface area contributed by atoms with Crippen LogP contribution < -0.4 is 5.32 Å². The third-order valence-corrected chi connectivity index (χ3v) is 4.89. The molecule has 6 nitrogen and oxygen atoms in total. The number of hydrogen-bond donors (Lipinski definition) is 1. The Morgan fingerprint density at radius 2 is 2.08 bits per heavy atom. The molecule has 0 radical (unpaired) electrons. The Balaban J connectivity index is 1.56. The molecule has 0 amide bonds. The molecule has 1 N–H and O–H groups in total. The van der Waals surface area contributed by atoms with Gasteiger partial charge in [0.15, 0.2) is 5.96 Å². The smallest absolute Gasteiger partial charge is 0.193 e. The summed E-state index contributed by atoms with van der Waals surface area (Å²) in [6.07, 6.45) is 2.56. The van der Waals surface area contributed by atoms with Gasteiger partial charge in [-0.2, -0.15) is 0 Å². The van der Waals surface area contributed by atoms with E-state index in [2.05, 4.69) is 27.3 Å². The second-order valence-corrected chi connectivity index (χ2v) is 6.47. The lowest BCUT2D eigenvalue weighted by Gasteiger charge is -2.37. The highest BCUT2D eigenvalue weighted by Gasteiger charge is 2.32. The largest absolute Gasteiger partial charge is 0.375 e. The molecule has 2 saturated heterocycles. The lowest BCUT2D eigenvalue weighted by molar-refractivity contribution is -0.0817. The van der Waals surface area contributed by atoms with Gasteiger partial charge in [-0.05, 0) is 18.4 Å². The number of morpholine rings is 1. The average Bonchev–Trinajstić information content (AvgIpc) is 3.21. The van der Waals surface area contributed by atoms with Crippen LogP contribution in [0.2, 0.25) is 0 Å². The molecular formula is C19H29N3O3. The maximum Gasteiger partial charge on any atom is 0.193 e. The van der Waals surface area contributed by atoms with Crippen molar-refractivity contribution in [2.75, 3.05) is 47.0 Å². The first-order valence-corrected chi connectivity index (χ1v) is 9.08. The van der Waals surface area contributed by atoms with Crippen LogP contribution in [0, 0.1) is 0 Å². The molecule has 0 bridgehead atoms.